The van der Waals surface area contributed by atoms with Crippen LogP contribution in [0, 0.1) is 10.1 Å². The molecule has 0 spiro atoms. The van der Waals surface area contributed by atoms with Crippen molar-refractivity contribution in [1.82, 2.24) is 4.37 Å². The number of aromatic nitrogens is 1. The van der Waals surface area contributed by atoms with E-state index in [1.54, 1.807) is 11.1 Å². The molecular weight excluding hydrogens is 330 g/mol. The van der Waals surface area contributed by atoms with Crippen LogP contribution in [0.25, 0.3) is 10.9 Å². The number of fused-ring (bicyclic) bond motifs is 1. The number of nitro benzene ring substituents is 1. The molecule has 0 saturated carbocycles. The number of non-ortho nitro benzene ring substituents is 1. The van der Waals surface area contributed by atoms with Crippen LogP contribution >= 0.6 is 11.5 Å². The zero-order valence-electron chi connectivity index (χ0n) is 12.4. The van der Waals surface area contributed by atoms with Gasteiger partial charge in [0.25, 0.3) is 5.69 Å². The van der Waals surface area contributed by atoms with Gasteiger partial charge in [-0.1, -0.05) is 23.4 Å². The summed E-state index contributed by atoms with van der Waals surface area (Å²) in [6.07, 6.45) is 0. The second-order valence-corrected chi connectivity index (χ2v) is 5.57. The van der Waals surface area contributed by atoms with Crippen LogP contribution in [0.3, 0.4) is 0 Å². The van der Waals surface area contributed by atoms with Crippen LogP contribution in [0.2, 0.25) is 0 Å². The average Bonchev–Trinajstić information content (AvgIpc) is 3.01. The third kappa shape index (κ3) is 3.36. The summed E-state index contributed by atoms with van der Waals surface area (Å²) in [6.45, 7) is 0.202. The van der Waals surface area contributed by atoms with Gasteiger partial charge in [-0.25, -0.2) is 5.01 Å². The number of rotatable bonds is 6. The van der Waals surface area contributed by atoms with E-state index in [0.29, 0.717) is 15.9 Å². The summed E-state index contributed by atoms with van der Waals surface area (Å²) in [7, 11) is 0. The van der Waals surface area contributed by atoms with E-state index in [1.807, 2.05) is 30.3 Å². The van der Waals surface area contributed by atoms with Crippen LogP contribution in [-0.2, 0) is 0 Å². The topological polar surface area (TPSA) is 104 Å². The van der Waals surface area contributed by atoms with Crippen LogP contribution in [0.4, 0.5) is 16.4 Å². The van der Waals surface area contributed by atoms with Crippen LogP contribution in [0.1, 0.15) is 0 Å². The van der Waals surface area contributed by atoms with Gasteiger partial charge in [-0.2, -0.15) is 4.37 Å². The highest BCUT2D eigenvalue weighted by Crippen LogP contribution is 2.33. The summed E-state index contributed by atoms with van der Waals surface area (Å²) in [5.41, 5.74) is 1.40. The molecule has 9 heteroatoms. The minimum Gasteiger partial charge on any atom is -0.394 e. The molecule has 1 aromatic heterocycles. The number of anilines is 1. The quantitative estimate of drug-likeness (QED) is 0.417. The van der Waals surface area contributed by atoms with Gasteiger partial charge in [0, 0.05) is 17.5 Å². The van der Waals surface area contributed by atoms with Gasteiger partial charge >= 0.3 is 0 Å². The fourth-order valence-corrected chi connectivity index (χ4v) is 2.80. The zero-order chi connectivity index (χ0) is 16.9. The van der Waals surface area contributed by atoms with E-state index in [-0.39, 0.29) is 18.8 Å². The maximum absolute atomic E-state index is 10.9. The Hall–Kier alpha value is -2.91. The summed E-state index contributed by atoms with van der Waals surface area (Å²) in [5, 5.41) is 31.0. The lowest BCUT2D eigenvalue weighted by Gasteiger charge is -2.15. The Kier molecular flexibility index (Phi) is 4.73. The van der Waals surface area contributed by atoms with Gasteiger partial charge in [0.15, 0.2) is 5.00 Å². The molecule has 0 aliphatic carbocycles. The molecule has 8 nitrogen and oxygen atoms in total. The highest BCUT2D eigenvalue weighted by Gasteiger charge is 2.12. The second kappa shape index (κ2) is 7.11. The van der Waals surface area contributed by atoms with Gasteiger partial charge in [0.1, 0.15) is 0 Å². The number of hydrogen-bond acceptors (Lipinski definition) is 7. The predicted octanol–water partition coefficient (Wildman–Crippen LogP) is 3.70. The minimum absolute atomic E-state index is 0.0191. The lowest BCUT2D eigenvalue weighted by molar-refractivity contribution is -0.384. The third-order valence-corrected chi connectivity index (χ3v) is 4.02. The molecule has 0 amide bonds. The molecule has 122 valence electrons. The number of aliphatic hydroxyl groups excluding tert-OH is 1. The Morgan fingerprint density at radius 1 is 1.25 bits per heavy atom. The molecule has 1 heterocycles. The van der Waals surface area contributed by atoms with Crippen molar-refractivity contribution in [2.24, 2.45) is 10.3 Å². The largest absolute Gasteiger partial charge is 0.394 e. The van der Waals surface area contributed by atoms with Crippen molar-refractivity contribution in [3.8, 4) is 0 Å². The van der Waals surface area contributed by atoms with Crippen molar-refractivity contribution in [1.29, 1.82) is 0 Å². The summed E-state index contributed by atoms with van der Waals surface area (Å²) >= 11 is 1.12. The monoisotopic (exact) mass is 343 g/mol. The van der Waals surface area contributed by atoms with Crippen molar-refractivity contribution in [2.45, 2.75) is 0 Å². The third-order valence-electron chi connectivity index (χ3n) is 3.26. The van der Waals surface area contributed by atoms with Crippen molar-refractivity contribution >= 4 is 38.8 Å². The molecule has 1 N–H and O–H groups in total. The Morgan fingerprint density at radius 2 is 2.04 bits per heavy atom. The van der Waals surface area contributed by atoms with E-state index in [1.165, 1.54) is 12.1 Å². The van der Waals surface area contributed by atoms with Crippen LogP contribution < -0.4 is 5.01 Å². The van der Waals surface area contributed by atoms with Gasteiger partial charge in [0.2, 0.25) is 0 Å². The molecule has 0 aliphatic heterocycles. The maximum atomic E-state index is 10.9. The fourth-order valence-electron chi connectivity index (χ4n) is 2.12. The normalized spacial score (nSPS) is 11.2. The summed E-state index contributed by atoms with van der Waals surface area (Å²) in [4.78, 5) is 10.5. The second-order valence-electron chi connectivity index (χ2n) is 4.82. The lowest BCUT2D eigenvalue weighted by atomic mass is 10.2. The smallest absolute Gasteiger partial charge is 0.270 e. The molecule has 0 radical (unpaired) electrons. The van der Waals surface area contributed by atoms with Gasteiger partial charge in [-0.15, -0.1) is 5.11 Å². The average molecular weight is 343 g/mol. The Bertz CT molecular complexity index is 881. The molecule has 0 atom stereocenters. The van der Waals surface area contributed by atoms with E-state index < -0.39 is 4.92 Å². The molecule has 0 aliphatic rings. The first-order chi connectivity index (χ1) is 11.7. The number of nitro groups is 1. The molecule has 24 heavy (non-hydrogen) atoms. The lowest BCUT2D eigenvalue weighted by Crippen LogP contribution is -2.19. The standard InChI is InChI=1S/C15H13N5O3S/c21-9-8-19(11-4-2-1-3-5-11)18-16-15-13-10-12(20(22)23)6-7-14(13)17-24-15/h1-7,10,21H,8-9H2/b18-16+. The molecule has 3 rings (SSSR count). The molecule has 0 fully saturated rings. The number of hydrogen-bond donors (Lipinski definition) is 1. The summed E-state index contributed by atoms with van der Waals surface area (Å²) in [6, 6.07) is 13.7. The van der Waals surface area contributed by atoms with Crippen molar-refractivity contribution in [3.05, 3.63) is 58.6 Å². The SMILES string of the molecule is O=[N+]([O-])c1ccc2nsc(/N=N/N(CCO)c3ccccc3)c2c1. The van der Waals surface area contributed by atoms with Gasteiger partial charge in [-0.05, 0) is 29.7 Å². The van der Waals surface area contributed by atoms with E-state index in [0.717, 1.165) is 17.2 Å². The molecule has 0 bridgehead atoms. The van der Waals surface area contributed by atoms with E-state index in [9.17, 15) is 15.2 Å². The van der Waals surface area contributed by atoms with Gasteiger partial charge in [0.05, 0.1) is 29.3 Å². The van der Waals surface area contributed by atoms with Crippen molar-refractivity contribution in [2.75, 3.05) is 18.2 Å². The summed E-state index contributed by atoms with van der Waals surface area (Å²) in [5.74, 6) is 0. The maximum Gasteiger partial charge on any atom is 0.270 e. The highest BCUT2D eigenvalue weighted by molar-refractivity contribution is 7.11. The summed E-state index contributed by atoms with van der Waals surface area (Å²) < 4.78 is 4.21. The number of benzene rings is 2. The first-order valence-electron chi connectivity index (χ1n) is 7.08. The first kappa shape index (κ1) is 16.0. The van der Waals surface area contributed by atoms with Gasteiger partial charge < -0.3 is 5.11 Å². The number of aliphatic hydroxyl groups is 1. The molecule has 0 saturated heterocycles. The van der Waals surface area contributed by atoms with Crippen molar-refractivity contribution < 1.29 is 10.0 Å². The molecular formula is C15H13N5O3S. The van der Waals surface area contributed by atoms with Gasteiger partial charge in [-0.3, -0.25) is 10.1 Å². The molecule has 3 aromatic rings. The van der Waals surface area contributed by atoms with E-state index in [4.69, 9.17) is 0 Å². The Balaban J connectivity index is 1.93. The fraction of sp³-hybridized carbons (Fsp3) is 0.133. The predicted molar refractivity (Wildman–Crippen MR) is 91.7 cm³/mol. The molecule has 0 unspecified atom stereocenters. The number of para-hydroxylation sites is 1. The first-order valence-corrected chi connectivity index (χ1v) is 7.85. The number of nitrogens with zero attached hydrogens (tertiary/aromatic N) is 5. The van der Waals surface area contributed by atoms with Crippen molar-refractivity contribution in [3.63, 3.8) is 0 Å². The van der Waals surface area contributed by atoms with E-state index in [2.05, 4.69) is 14.7 Å². The molecule has 2 aromatic carbocycles. The van der Waals surface area contributed by atoms with E-state index >= 15 is 0 Å². The van der Waals surface area contributed by atoms with Crippen LogP contribution in [-0.4, -0.2) is 27.6 Å². The van der Waals surface area contributed by atoms with Crippen LogP contribution in [0.15, 0.2) is 58.9 Å². The Labute approximate surface area is 141 Å². The van der Waals surface area contributed by atoms with Crippen LogP contribution in [0.5, 0.6) is 0 Å². The Morgan fingerprint density at radius 3 is 2.75 bits per heavy atom. The zero-order valence-corrected chi connectivity index (χ0v) is 13.3. The minimum atomic E-state index is -0.458. The highest BCUT2D eigenvalue weighted by atomic mass is 32.1.